The number of unbranched alkanes of at least 4 members (excludes halogenated alkanes) is 14. The van der Waals surface area contributed by atoms with Crippen LogP contribution in [0, 0.1) is 0 Å². The number of hydrogen-bond acceptors (Lipinski definition) is 5. The Morgan fingerprint density at radius 1 is 0.613 bits per heavy atom. The van der Waals surface area contributed by atoms with Gasteiger partial charge in [0.15, 0.2) is 0 Å². The fourth-order valence-corrected chi connectivity index (χ4v) is 3.47. The minimum atomic E-state index is -0.511. The highest BCUT2D eigenvalue weighted by atomic mass is 16.6. The molecule has 0 aliphatic heterocycles. The molecular formula is C25H49NO5. The molecule has 0 aromatic carbocycles. The van der Waals surface area contributed by atoms with Crippen molar-refractivity contribution in [2.75, 3.05) is 40.0 Å². The first-order chi connectivity index (χ1) is 15.2. The molecule has 0 atom stereocenters. The summed E-state index contributed by atoms with van der Waals surface area (Å²) in [6, 6.07) is 0. The predicted molar refractivity (Wildman–Crippen MR) is 126 cm³/mol. The SMILES string of the molecule is CCCCCCCCCCCCCCCCCOC(=O)CN(CC)C(=O)OCCOC. The van der Waals surface area contributed by atoms with Crippen LogP contribution in [0.1, 0.15) is 110 Å². The average molecular weight is 444 g/mol. The van der Waals surface area contributed by atoms with Crippen molar-refractivity contribution in [3.05, 3.63) is 0 Å². The molecule has 6 heteroatoms. The first kappa shape index (κ1) is 29.7. The van der Waals surface area contributed by atoms with Crippen molar-refractivity contribution in [3.8, 4) is 0 Å². The Morgan fingerprint density at radius 3 is 1.55 bits per heavy atom. The van der Waals surface area contributed by atoms with Gasteiger partial charge in [0.1, 0.15) is 13.2 Å². The van der Waals surface area contributed by atoms with Gasteiger partial charge in [-0.1, -0.05) is 96.8 Å². The highest BCUT2D eigenvalue weighted by molar-refractivity contribution is 5.78. The fraction of sp³-hybridized carbons (Fsp3) is 0.920. The van der Waals surface area contributed by atoms with Crippen LogP contribution >= 0.6 is 0 Å². The van der Waals surface area contributed by atoms with Gasteiger partial charge in [0, 0.05) is 13.7 Å². The van der Waals surface area contributed by atoms with E-state index < -0.39 is 6.09 Å². The maximum atomic E-state index is 11.9. The summed E-state index contributed by atoms with van der Waals surface area (Å²) in [5.74, 6) is -0.379. The minimum absolute atomic E-state index is 0.0684. The molecule has 0 aliphatic rings. The summed E-state index contributed by atoms with van der Waals surface area (Å²) < 4.78 is 15.1. The minimum Gasteiger partial charge on any atom is -0.464 e. The second-order valence-corrected chi connectivity index (χ2v) is 8.29. The van der Waals surface area contributed by atoms with E-state index in [1.54, 1.807) is 14.0 Å². The molecule has 0 saturated carbocycles. The molecule has 0 N–H and O–H groups in total. The first-order valence-electron chi connectivity index (χ1n) is 12.7. The number of esters is 1. The molecule has 184 valence electrons. The summed E-state index contributed by atoms with van der Waals surface area (Å²) in [5.41, 5.74) is 0. The number of carbonyl (C=O) groups is 2. The molecule has 0 aromatic heterocycles. The Labute approximate surface area is 191 Å². The third kappa shape index (κ3) is 20.4. The molecule has 0 unspecified atom stereocenters. The molecule has 0 saturated heterocycles. The maximum absolute atomic E-state index is 11.9. The van der Waals surface area contributed by atoms with E-state index in [1.807, 2.05) is 0 Å². The predicted octanol–water partition coefficient (Wildman–Crippen LogP) is 6.51. The van der Waals surface area contributed by atoms with Crippen LogP contribution in [0.4, 0.5) is 4.79 Å². The molecule has 0 bridgehead atoms. The van der Waals surface area contributed by atoms with Crippen molar-refractivity contribution in [2.24, 2.45) is 0 Å². The summed E-state index contributed by atoms with van der Waals surface area (Å²) in [7, 11) is 1.54. The zero-order chi connectivity index (χ0) is 23.0. The van der Waals surface area contributed by atoms with Crippen molar-refractivity contribution < 1.29 is 23.8 Å². The number of hydrogen-bond donors (Lipinski definition) is 0. The van der Waals surface area contributed by atoms with E-state index in [4.69, 9.17) is 14.2 Å². The summed E-state index contributed by atoms with van der Waals surface area (Å²) in [6.07, 6.45) is 19.1. The van der Waals surface area contributed by atoms with Crippen molar-refractivity contribution in [2.45, 2.75) is 110 Å². The Balaban J connectivity index is 3.44. The molecule has 6 nitrogen and oxygen atoms in total. The zero-order valence-corrected chi connectivity index (χ0v) is 20.6. The van der Waals surface area contributed by atoms with Gasteiger partial charge in [-0.3, -0.25) is 9.69 Å². The number of nitrogens with zero attached hydrogens (tertiary/aromatic N) is 1. The molecular weight excluding hydrogens is 394 g/mol. The van der Waals surface area contributed by atoms with Crippen LogP contribution in [-0.2, 0) is 19.0 Å². The number of amides is 1. The summed E-state index contributed by atoms with van der Waals surface area (Å²) >= 11 is 0. The molecule has 0 heterocycles. The summed E-state index contributed by atoms with van der Waals surface area (Å²) in [6.45, 7) is 5.35. The normalized spacial score (nSPS) is 10.8. The van der Waals surface area contributed by atoms with Crippen LogP contribution in [0.5, 0.6) is 0 Å². The van der Waals surface area contributed by atoms with Crippen molar-refractivity contribution >= 4 is 12.1 Å². The monoisotopic (exact) mass is 443 g/mol. The lowest BCUT2D eigenvalue weighted by Gasteiger charge is -2.19. The molecule has 31 heavy (non-hydrogen) atoms. The lowest BCUT2D eigenvalue weighted by Crippen LogP contribution is -2.37. The van der Waals surface area contributed by atoms with Gasteiger partial charge < -0.3 is 14.2 Å². The molecule has 0 spiro atoms. The topological polar surface area (TPSA) is 65.1 Å². The van der Waals surface area contributed by atoms with Crippen LogP contribution in [0.2, 0.25) is 0 Å². The Bertz CT molecular complexity index is 417. The molecule has 0 aromatic rings. The molecule has 0 aliphatic carbocycles. The lowest BCUT2D eigenvalue weighted by atomic mass is 10.0. The average Bonchev–Trinajstić information content (AvgIpc) is 2.77. The lowest BCUT2D eigenvalue weighted by molar-refractivity contribution is -0.144. The van der Waals surface area contributed by atoms with Crippen LogP contribution < -0.4 is 0 Å². The van der Waals surface area contributed by atoms with Gasteiger partial charge in [-0.15, -0.1) is 0 Å². The van der Waals surface area contributed by atoms with E-state index in [2.05, 4.69) is 6.92 Å². The second kappa shape index (κ2) is 23.4. The fourth-order valence-electron chi connectivity index (χ4n) is 3.47. The summed E-state index contributed by atoms with van der Waals surface area (Å²) in [4.78, 5) is 25.1. The van der Waals surface area contributed by atoms with Crippen molar-refractivity contribution in [3.63, 3.8) is 0 Å². The second-order valence-electron chi connectivity index (χ2n) is 8.29. The highest BCUT2D eigenvalue weighted by Gasteiger charge is 2.17. The van der Waals surface area contributed by atoms with E-state index in [9.17, 15) is 9.59 Å². The first-order valence-corrected chi connectivity index (χ1v) is 12.7. The van der Waals surface area contributed by atoms with Gasteiger partial charge in [0.05, 0.1) is 13.2 Å². The molecule has 0 rings (SSSR count). The van der Waals surface area contributed by atoms with Gasteiger partial charge >= 0.3 is 12.1 Å². The van der Waals surface area contributed by atoms with E-state index in [0.29, 0.717) is 19.8 Å². The van der Waals surface area contributed by atoms with Crippen LogP contribution in [0.15, 0.2) is 0 Å². The van der Waals surface area contributed by atoms with E-state index >= 15 is 0 Å². The molecule has 1 amide bonds. The maximum Gasteiger partial charge on any atom is 0.410 e. The number of rotatable bonds is 22. The van der Waals surface area contributed by atoms with Crippen LogP contribution in [0.25, 0.3) is 0 Å². The highest BCUT2D eigenvalue weighted by Crippen LogP contribution is 2.13. The van der Waals surface area contributed by atoms with Gasteiger partial charge in [-0.25, -0.2) is 4.79 Å². The number of methoxy groups -OCH3 is 1. The largest absolute Gasteiger partial charge is 0.464 e. The molecule has 0 fully saturated rings. The number of ether oxygens (including phenoxy) is 3. The quantitative estimate of drug-likeness (QED) is 0.141. The standard InChI is InChI=1S/C25H49NO5/c1-4-6-7-8-9-10-11-12-13-14-15-16-17-18-19-20-30-24(27)23-26(5-2)25(28)31-22-21-29-3/h4-23H2,1-3H3. The van der Waals surface area contributed by atoms with Gasteiger partial charge in [0.25, 0.3) is 0 Å². The third-order valence-electron chi connectivity index (χ3n) is 5.48. The van der Waals surface area contributed by atoms with Crippen molar-refractivity contribution in [1.82, 2.24) is 4.90 Å². The third-order valence-corrected chi connectivity index (χ3v) is 5.48. The van der Waals surface area contributed by atoms with Crippen LogP contribution in [0.3, 0.4) is 0 Å². The number of likely N-dealkylation sites (N-methyl/N-ethyl adjacent to an activating group) is 1. The Hall–Kier alpha value is -1.30. The van der Waals surface area contributed by atoms with Crippen LogP contribution in [-0.4, -0.2) is 57.0 Å². The molecule has 0 radical (unpaired) electrons. The zero-order valence-electron chi connectivity index (χ0n) is 20.6. The van der Waals surface area contributed by atoms with Gasteiger partial charge in [0.2, 0.25) is 0 Å². The van der Waals surface area contributed by atoms with Crippen molar-refractivity contribution in [1.29, 1.82) is 0 Å². The Kier molecular flexibility index (Phi) is 22.4. The van der Waals surface area contributed by atoms with Gasteiger partial charge in [-0.05, 0) is 13.3 Å². The summed E-state index contributed by atoms with van der Waals surface area (Å²) in [5, 5.41) is 0. The van der Waals surface area contributed by atoms with Gasteiger partial charge in [-0.2, -0.15) is 0 Å². The van der Waals surface area contributed by atoms with E-state index in [1.165, 1.54) is 88.4 Å². The number of carbonyl (C=O) groups excluding carboxylic acids is 2. The Morgan fingerprint density at radius 2 is 1.10 bits per heavy atom. The van der Waals surface area contributed by atoms with E-state index in [0.717, 1.165) is 12.8 Å². The smallest absolute Gasteiger partial charge is 0.410 e. The van der Waals surface area contributed by atoms with E-state index in [-0.39, 0.29) is 19.1 Å².